The summed E-state index contributed by atoms with van der Waals surface area (Å²) >= 11 is 5.89. The second kappa shape index (κ2) is 3.70. The van der Waals surface area contributed by atoms with Crippen LogP contribution in [-0.2, 0) is 0 Å². The minimum atomic E-state index is -1.09. The molecule has 76 valence electrons. The molecule has 1 N–H and O–H groups in total. The summed E-state index contributed by atoms with van der Waals surface area (Å²) in [4.78, 5) is 14.8. The Morgan fingerprint density at radius 3 is 2.87 bits per heavy atom. The van der Waals surface area contributed by atoms with Crippen LogP contribution in [0.15, 0.2) is 30.7 Å². The molecule has 15 heavy (non-hydrogen) atoms. The van der Waals surface area contributed by atoms with Crippen LogP contribution in [0.4, 0.5) is 0 Å². The Morgan fingerprint density at radius 1 is 1.47 bits per heavy atom. The van der Waals surface area contributed by atoms with Gasteiger partial charge in [0.15, 0.2) is 5.82 Å². The van der Waals surface area contributed by atoms with Gasteiger partial charge in [0.05, 0.1) is 10.6 Å². The van der Waals surface area contributed by atoms with Crippen molar-refractivity contribution in [1.82, 2.24) is 14.8 Å². The molecule has 0 fully saturated rings. The van der Waals surface area contributed by atoms with Gasteiger partial charge in [0.1, 0.15) is 0 Å². The van der Waals surface area contributed by atoms with E-state index >= 15 is 0 Å². The molecule has 0 atom stereocenters. The molecule has 0 radical (unpaired) electrons. The van der Waals surface area contributed by atoms with E-state index in [9.17, 15) is 4.79 Å². The molecule has 0 aliphatic heterocycles. The van der Waals surface area contributed by atoms with Gasteiger partial charge < -0.3 is 5.11 Å². The van der Waals surface area contributed by atoms with Gasteiger partial charge in [-0.05, 0) is 12.1 Å². The monoisotopic (exact) mass is 223 g/mol. The van der Waals surface area contributed by atoms with Crippen molar-refractivity contribution >= 4 is 17.6 Å². The molecule has 2 rings (SSSR count). The zero-order valence-electron chi connectivity index (χ0n) is 7.46. The van der Waals surface area contributed by atoms with Gasteiger partial charge in [-0.1, -0.05) is 11.6 Å². The van der Waals surface area contributed by atoms with Gasteiger partial charge in [-0.3, -0.25) is 0 Å². The van der Waals surface area contributed by atoms with Crippen LogP contribution in [0.3, 0.4) is 0 Å². The third-order valence-electron chi connectivity index (χ3n) is 1.82. The Kier molecular flexibility index (Phi) is 2.39. The van der Waals surface area contributed by atoms with Crippen LogP contribution >= 0.6 is 11.6 Å². The van der Waals surface area contributed by atoms with E-state index in [-0.39, 0.29) is 10.6 Å². The molecule has 6 heteroatoms. The molecular formula is C9H6ClN3O2. The number of rotatable bonds is 2. The van der Waals surface area contributed by atoms with Crippen LogP contribution in [0.1, 0.15) is 10.4 Å². The SMILES string of the molecule is O=C(O)c1ccnc(-n2cccn2)c1Cl. The highest BCUT2D eigenvalue weighted by molar-refractivity contribution is 6.35. The number of hydrogen-bond acceptors (Lipinski definition) is 3. The second-order valence-electron chi connectivity index (χ2n) is 2.75. The summed E-state index contributed by atoms with van der Waals surface area (Å²) in [5.74, 6) is -0.780. The smallest absolute Gasteiger partial charge is 0.337 e. The fourth-order valence-electron chi connectivity index (χ4n) is 1.15. The molecule has 2 aromatic rings. The molecule has 0 spiro atoms. The van der Waals surface area contributed by atoms with Gasteiger partial charge in [-0.2, -0.15) is 5.10 Å². The molecule has 0 aliphatic carbocycles. The minimum absolute atomic E-state index is 0.0113. The number of halogens is 1. The van der Waals surface area contributed by atoms with Crippen LogP contribution in [0.2, 0.25) is 5.02 Å². The lowest BCUT2D eigenvalue weighted by Crippen LogP contribution is -2.04. The highest BCUT2D eigenvalue weighted by atomic mass is 35.5. The Bertz CT molecular complexity index is 496. The van der Waals surface area contributed by atoms with Gasteiger partial charge in [-0.15, -0.1) is 0 Å². The highest BCUT2D eigenvalue weighted by Crippen LogP contribution is 2.21. The number of carboxylic acids is 1. The molecule has 0 saturated carbocycles. The summed E-state index contributed by atoms with van der Waals surface area (Å²) in [7, 11) is 0. The summed E-state index contributed by atoms with van der Waals surface area (Å²) in [6.07, 6.45) is 4.58. The molecule has 0 saturated heterocycles. The Balaban J connectivity index is 2.59. The van der Waals surface area contributed by atoms with E-state index in [4.69, 9.17) is 16.7 Å². The fourth-order valence-corrected chi connectivity index (χ4v) is 1.43. The number of hydrogen-bond donors (Lipinski definition) is 1. The van der Waals surface area contributed by atoms with Crippen molar-refractivity contribution in [3.63, 3.8) is 0 Å². The number of nitrogens with zero attached hydrogens (tertiary/aromatic N) is 3. The summed E-state index contributed by atoms with van der Waals surface area (Å²) in [5.41, 5.74) is 0.0113. The number of aromatic carboxylic acids is 1. The standard InChI is InChI=1S/C9H6ClN3O2/c10-7-6(9(14)15)2-4-11-8(7)13-5-1-3-12-13/h1-5H,(H,14,15). The zero-order valence-corrected chi connectivity index (χ0v) is 8.22. The molecule has 0 unspecified atom stereocenters. The Hall–Kier alpha value is -1.88. The third kappa shape index (κ3) is 1.69. The van der Waals surface area contributed by atoms with Crippen LogP contribution in [-0.4, -0.2) is 25.8 Å². The van der Waals surface area contributed by atoms with E-state index in [1.165, 1.54) is 16.9 Å². The van der Waals surface area contributed by atoms with Crippen molar-refractivity contribution in [2.75, 3.05) is 0 Å². The molecular weight excluding hydrogens is 218 g/mol. The lowest BCUT2D eigenvalue weighted by atomic mass is 10.2. The minimum Gasteiger partial charge on any atom is -0.478 e. The van der Waals surface area contributed by atoms with E-state index in [1.54, 1.807) is 18.5 Å². The van der Waals surface area contributed by atoms with Crippen LogP contribution < -0.4 is 0 Å². The first-order valence-corrected chi connectivity index (χ1v) is 4.46. The quantitative estimate of drug-likeness (QED) is 0.840. The largest absolute Gasteiger partial charge is 0.478 e. The summed E-state index contributed by atoms with van der Waals surface area (Å²) in [6, 6.07) is 3.04. The normalized spacial score (nSPS) is 10.2. The topological polar surface area (TPSA) is 68.0 Å². The zero-order chi connectivity index (χ0) is 10.8. The number of aromatic nitrogens is 3. The van der Waals surface area contributed by atoms with Crippen molar-refractivity contribution < 1.29 is 9.90 Å². The second-order valence-corrected chi connectivity index (χ2v) is 3.13. The third-order valence-corrected chi connectivity index (χ3v) is 2.20. The van der Waals surface area contributed by atoms with Gasteiger partial charge in [-0.25, -0.2) is 14.5 Å². The predicted molar refractivity (Wildman–Crippen MR) is 53.3 cm³/mol. The average Bonchev–Trinajstić information content (AvgIpc) is 2.70. The molecule has 0 bridgehead atoms. The maximum atomic E-state index is 10.8. The number of carbonyl (C=O) groups is 1. The first-order valence-electron chi connectivity index (χ1n) is 4.08. The predicted octanol–water partition coefficient (Wildman–Crippen LogP) is 1.62. The maximum absolute atomic E-state index is 10.8. The van der Waals surface area contributed by atoms with Gasteiger partial charge in [0.25, 0.3) is 0 Å². The Labute approximate surface area is 89.9 Å². The van der Waals surface area contributed by atoms with Crippen molar-refractivity contribution in [2.45, 2.75) is 0 Å². The van der Waals surface area contributed by atoms with E-state index in [2.05, 4.69) is 10.1 Å². The van der Waals surface area contributed by atoms with Crippen LogP contribution in [0, 0.1) is 0 Å². The van der Waals surface area contributed by atoms with Crippen molar-refractivity contribution in [3.8, 4) is 5.82 Å². The molecule has 0 aliphatic rings. The van der Waals surface area contributed by atoms with E-state index in [1.807, 2.05) is 0 Å². The molecule has 5 nitrogen and oxygen atoms in total. The Morgan fingerprint density at radius 2 is 2.27 bits per heavy atom. The van der Waals surface area contributed by atoms with E-state index in [0.717, 1.165) is 0 Å². The van der Waals surface area contributed by atoms with Crippen LogP contribution in [0.5, 0.6) is 0 Å². The molecule has 0 amide bonds. The molecule has 0 aromatic carbocycles. The highest BCUT2D eigenvalue weighted by Gasteiger charge is 2.14. The maximum Gasteiger partial charge on any atom is 0.337 e. The molecule has 2 heterocycles. The first kappa shape index (κ1) is 9.67. The van der Waals surface area contributed by atoms with Crippen molar-refractivity contribution in [2.24, 2.45) is 0 Å². The summed E-state index contributed by atoms with van der Waals surface area (Å²) < 4.78 is 1.41. The molecule has 2 aromatic heterocycles. The van der Waals surface area contributed by atoms with Gasteiger partial charge in [0, 0.05) is 18.6 Å². The lowest BCUT2D eigenvalue weighted by Gasteiger charge is -2.04. The van der Waals surface area contributed by atoms with E-state index < -0.39 is 5.97 Å². The first-order chi connectivity index (χ1) is 7.20. The van der Waals surface area contributed by atoms with Gasteiger partial charge in [0.2, 0.25) is 0 Å². The summed E-state index contributed by atoms with van der Waals surface area (Å²) in [6.45, 7) is 0. The number of carboxylic acid groups (broad SMARTS) is 1. The fraction of sp³-hybridized carbons (Fsp3) is 0. The van der Waals surface area contributed by atoms with E-state index in [0.29, 0.717) is 5.82 Å². The number of pyridine rings is 1. The summed E-state index contributed by atoms with van der Waals surface area (Å²) in [5, 5.41) is 12.8. The average molecular weight is 224 g/mol. The van der Waals surface area contributed by atoms with Crippen molar-refractivity contribution in [3.05, 3.63) is 41.3 Å². The van der Waals surface area contributed by atoms with Crippen LogP contribution in [0.25, 0.3) is 5.82 Å². The van der Waals surface area contributed by atoms with Gasteiger partial charge >= 0.3 is 5.97 Å². The van der Waals surface area contributed by atoms with Crippen molar-refractivity contribution in [1.29, 1.82) is 0 Å². The lowest BCUT2D eigenvalue weighted by molar-refractivity contribution is 0.0697.